The van der Waals surface area contributed by atoms with Crippen molar-refractivity contribution in [1.29, 1.82) is 0 Å². The molecule has 0 bridgehead atoms. The number of carbonyl (C=O) groups is 1. The fraction of sp³-hybridized carbons (Fsp3) is 0.929. The third-order valence-electron chi connectivity index (χ3n) is 4.47. The van der Waals surface area contributed by atoms with Gasteiger partial charge in [0.1, 0.15) is 5.54 Å². The van der Waals surface area contributed by atoms with Crippen LogP contribution in [0.15, 0.2) is 0 Å². The number of hydrogen-bond donors (Lipinski definition) is 1. The molecule has 1 rings (SSSR count). The highest BCUT2D eigenvalue weighted by molar-refractivity contribution is 5.77. The fourth-order valence-corrected chi connectivity index (χ4v) is 2.84. The Hall–Kier alpha value is -0.570. The lowest BCUT2D eigenvalue weighted by Gasteiger charge is -2.41. The normalized spacial score (nSPS) is 26.2. The highest BCUT2D eigenvalue weighted by atomic mass is 16.4. The van der Waals surface area contributed by atoms with E-state index in [1.54, 1.807) is 13.8 Å². The van der Waals surface area contributed by atoms with E-state index in [-0.39, 0.29) is 0 Å². The highest BCUT2D eigenvalue weighted by Crippen LogP contribution is 2.32. The number of likely N-dealkylation sites (N-methyl/N-ethyl adjacent to an activating group) is 1. The summed E-state index contributed by atoms with van der Waals surface area (Å²) >= 11 is 0. The van der Waals surface area contributed by atoms with E-state index in [0.29, 0.717) is 6.04 Å². The SMILES string of the molecule is CCCC1CCC(N(C)C(C)(C)C(=O)O)CC1. The number of aliphatic carboxylic acids is 1. The second-order valence-corrected chi connectivity index (χ2v) is 5.94. The number of hydrogen-bond acceptors (Lipinski definition) is 2. The molecular formula is C14H27NO2. The molecule has 0 radical (unpaired) electrons. The second kappa shape index (κ2) is 5.85. The van der Waals surface area contributed by atoms with Crippen LogP contribution in [-0.2, 0) is 4.79 Å². The Morgan fingerprint density at radius 2 is 1.82 bits per heavy atom. The minimum Gasteiger partial charge on any atom is -0.480 e. The maximum atomic E-state index is 11.2. The summed E-state index contributed by atoms with van der Waals surface area (Å²) in [6.07, 6.45) is 7.43. The Morgan fingerprint density at radius 1 is 1.29 bits per heavy atom. The van der Waals surface area contributed by atoms with Crippen molar-refractivity contribution < 1.29 is 9.90 Å². The zero-order chi connectivity index (χ0) is 13.1. The topological polar surface area (TPSA) is 40.5 Å². The molecular weight excluding hydrogens is 214 g/mol. The highest BCUT2D eigenvalue weighted by Gasteiger charge is 2.37. The van der Waals surface area contributed by atoms with Crippen LogP contribution in [-0.4, -0.2) is 34.6 Å². The van der Waals surface area contributed by atoms with E-state index in [4.69, 9.17) is 0 Å². The number of carboxylic acid groups (broad SMARTS) is 1. The quantitative estimate of drug-likeness (QED) is 0.804. The molecule has 1 saturated carbocycles. The van der Waals surface area contributed by atoms with Crippen LogP contribution in [0, 0.1) is 5.92 Å². The van der Waals surface area contributed by atoms with Gasteiger partial charge in [-0.2, -0.15) is 0 Å². The van der Waals surface area contributed by atoms with E-state index in [2.05, 4.69) is 11.8 Å². The zero-order valence-corrected chi connectivity index (χ0v) is 11.7. The van der Waals surface area contributed by atoms with E-state index in [0.717, 1.165) is 18.8 Å². The van der Waals surface area contributed by atoms with Crippen LogP contribution in [0.5, 0.6) is 0 Å². The Labute approximate surface area is 105 Å². The van der Waals surface area contributed by atoms with Crippen LogP contribution in [0.25, 0.3) is 0 Å². The van der Waals surface area contributed by atoms with Crippen molar-refractivity contribution >= 4 is 5.97 Å². The molecule has 1 fully saturated rings. The molecule has 0 atom stereocenters. The van der Waals surface area contributed by atoms with Crippen molar-refractivity contribution in [2.24, 2.45) is 5.92 Å². The monoisotopic (exact) mass is 241 g/mol. The van der Waals surface area contributed by atoms with Gasteiger partial charge in [0.2, 0.25) is 0 Å². The van der Waals surface area contributed by atoms with Crippen molar-refractivity contribution in [2.75, 3.05) is 7.05 Å². The molecule has 0 aromatic carbocycles. The first kappa shape index (κ1) is 14.5. The maximum Gasteiger partial charge on any atom is 0.323 e. The first-order valence-electron chi connectivity index (χ1n) is 6.86. The third kappa shape index (κ3) is 3.44. The van der Waals surface area contributed by atoms with Crippen molar-refractivity contribution in [2.45, 2.75) is 70.9 Å². The first-order valence-corrected chi connectivity index (χ1v) is 6.86. The molecule has 1 N–H and O–H groups in total. The molecule has 3 heteroatoms. The van der Waals surface area contributed by atoms with Crippen LogP contribution < -0.4 is 0 Å². The lowest BCUT2D eigenvalue weighted by Crippen LogP contribution is -2.53. The van der Waals surface area contributed by atoms with E-state index in [1.807, 2.05) is 7.05 Å². The molecule has 1 aliphatic carbocycles. The van der Waals surface area contributed by atoms with Gasteiger partial charge in [-0.05, 0) is 52.5 Å². The molecule has 0 heterocycles. The van der Waals surface area contributed by atoms with Gasteiger partial charge in [-0.3, -0.25) is 9.69 Å². The van der Waals surface area contributed by atoms with Crippen LogP contribution in [0.1, 0.15) is 59.3 Å². The van der Waals surface area contributed by atoms with E-state index >= 15 is 0 Å². The van der Waals surface area contributed by atoms with Crippen LogP contribution in [0.4, 0.5) is 0 Å². The molecule has 3 nitrogen and oxygen atoms in total. The van der Waals surface area contributed by atoms with Crippen molar-refractivity contribution in [3.05, 3.63) is 0 Å². The van der Waals surface area contributed by atoms with Gasteiger partial charge in [-0.25, -0.2) is 0 Å². The summed E-state index contributed by atoms with van der Waals surface area (Å²) in [4.78, 5) is 13.3. The molecule has 0 amide bonds. The summed E-state index contributed by atoms with van der Waals surface area (Å²) in [5.74, 6) is 0.147. The molecule has 17 heavy (non-hydrogen) atoms. The summed E-state index contributed by atoms with van der Waals surface area (Å²) in [7, 11) is 1.96. The number of nitrogens with zero attached hydrogens (tertiary/aromatic N) is 1. The predicted molar refractivity (Wildman–Crippen MR) is 70.1 cm³/mol. The molecule has 0 aliphatic heterocycles. The molecule has 0 unspecified atom stereocenters. The Balaban J connectivity index is 2.51. The van der Waals surface area contributed by atoms with Gasteiger partial charge in [0, 0.05) is 6.04 Å². The lowest BCUT2D eigenvalue weighted by molar-refractivity contribution is -0.150. The van der Waals surface area contributed by atoms with Crippen LogP contribution >= 0.6 is 0 Å². The minimum absolute atomic E-state index is 0.439. The molecule has 0 saturated heterocycles. The maximum absolute atomic E-state index is 11.2. The Kier molecular flexibility index (Phi) is 4.99. The minimum atomic E-state index is -0.748. The summed E-state index contributed by atoms with van der Waals surface area (Å²) in [5.41, 5.74) is -0.748. The van der Waals surface area contributed by atoms with Crippen LogP contribution in [0.2, 0.25) is 0 Å². The van der Waals surface area contributed by atoms with Gasteiger partial charge >= 0.3 is 5.97 Å². The van der Waals surface area contributed by atoms with Crippen molar-refractivity contribution in [1.82, 2.24) is 4.90 Å². The summed E-state index contributed by atoms with van der Waals surface area (Å²) in [6.45, 7) is 5.84. The van der Waals surface area contributed by atoms with E-state index in [1.165, 1.54) is 25.7 Å². The summed E-state index contributed by atoms with van der Waals surface area (Å²) in [5, 5.41) is 9.24. The van der Waals surface area contributed by atoms with Gasteiger partial charge < -0.3 is 5.11 Å². The largest absolute Gasteiger partial charge is 0.480 e. The third-order valence-corrected chi connectivity index (χ3v) is 4.47. The number of rotatable bonds is 5. The second-order valence-electron chi connectivity index (χ2n) is 5.94. The van der Waals surface area contributed by atoms with Crippen molar-refractivity contribution in [3.8, 4) is 0 Å². The molecule has 0 spiro atoms. The molecule has 100 valence electrons. The smallest absolute Gasteiger partial charge is 0.323 e. The first-order chi connectivity index (χ1) is 7.89. The van der Waals surface area contributed by atoms with Gasteiger partial charge in [0.25, 0.3) is 0 Å². The van der Waals surface area contributed by atoms with Gasteiger partial charge in [-0.15, -0.1) is 0 Å². The van der Waals surface area contributed by atoms with Gasteiger partial charge in [0.05, 0.1) is 0 Å². The zero-order valence-electron chi connectivity index (χ0n) is 11.7. The Bertz CT molecular complexity index is 255. The summed E-state index contributed by atoms with van der Waals surface area (Å²) in [6, 6.07) is 0.439. The molecule has 0 aromatic heterocycles. The molecule has 0 aromatic rings. The molecule has 1 aliphatic rings. The summed E-state index contributed by atoms with van der Waals surface area (Å²) < 4.78 is 0. The average Bonchev–Trinajstić information content (AvgIpc) is 2.29. The van der Waals surface area contributed by atoms with E-state index in [9.17, 15) is 9.90 Å². The van der Waals surface area contributed by atoms with Gasteiger partial charge in [-0.1, -0.05) is 19.8 Å². The fourth-order valence-electron chi connectivity index (χ4n) is 2.84. The van der Waals surface area contributed by atoms with E-state index < -0.39 is 11.5 Å². The van der Waals surface area contributed by atoms with Crippen molar-refractivity contribution in [3.63, 3.8) is 0 Å². The van der Waals surface area contributed by atoms with Crippen LogP contribution in [0.3, 0.4) is 0 Å². The number of carboxylic acids is 1. The predicted octanol–water partition coefficient (Wildman–Crippen LogP) is 3.14. The standard InChI is InChI=1S/C14H27NO2/c1-5-6-11-7-9-12(10-8-11)15(4)14(2,3)13(16)17/h11-12H,5-10H2,1-4H3,(H,16,17). The van der Waals surface area contributed by atoms with Gasteiger partial charge in [0.15, 0.2) is 0 Å². The Morgan fingerprint density at radius 3 is 2.24 bits per heavy atom. The lowest BCUT2D eigenvalue weighted by atomic mass is 9.82. The average molecular weight is 241 g/mol.